The molecule has 2 amide bonds. The van der Waals surface area contributed by atoms with E-state index in [4.69, 9.17) is 0 Å². The maximum Gasteiger partial charge on any atom is 0.315 e. The molecule has 0 saturated carbocycles. The van der Waals surface area contributed by atoms with Crippen LogP contribution in [0.1, 0.15) is 27.7 Å². The van der Waals surface area contributed by atoms with Crippen LogP contribution >= 0.6 is 11.3 Å². The highest BCUT2D eigenvalue weighted by molar-refractivity contribution is 7.10. The van der Waals surface area contributed by atoms with Crippen molar-refractivity contribution in [3.8, 4) is 0 Å². The summed E-state index contributed by atoms with van der Waals surface area (Å²) in [6.07, 6.45) is 1.66. The van der Waals surface area contributed by atoms with E-state index < -0.39 is 0 Å². The van der Waals surface area contributed by atoms with E-state index in [1.165, 1.54) is 5.56 Å². The summed E-state index contributed by atoms with van der Waals surface area (Å²) in [4.78, 5) is 13.3. The van der Waals surface area contributed by atoms with Gasteiger partial charge in [-0.1, -0.05) is 35.9 Å². The lowest BCUT2D eigenvalue weighted by molar-refractivity contribution is 0.238. The van der Waals surface area contributed by atoms with Crippen molar-refractivity contribution in [2.24, 2.45) is 0 Å². The number of nitrogens with one attached hydrogen (secondary N) is 3. The first-order valence-electron chi connectivity index (χ1n) is 7.35. The standard InChI is InChI=1S/C17H18N4OS/c1-12-4-6-13(7-5-12)16(15-3-2-10-23-15)20-17(22)18-11-14-8-9-19-21-14/h2-10,16H,11H2,1H3,(H,19,21)(H2,18,20,22)/t16-/m1/s1. The van der Waals surface area contributed by atoms with Crippen molar-refractivity contribution in [1.82, 2.24) is 20.8 Å². The normalized spacial score (nSPS) is 11.9. The number of aromatic nitrogens is 2. The van der Waals surface area contributed by atoms with Crippen molar-refractivity contribution < 1.29 is 4.79 Å². The first kappa shape index (κ1) is 15.3. The molecule has 2 aromatic heterocycles. The highest BCUT2D eigenvalue weighted by Gasteiger charge is 2.17. The van der Waals surface area contributed by atoms with E-state index in [9.17, 15) is 4.79 Å². The molecule has 2 heterocycles. The monoisotopic (exact) mass is 326 g/mol. The Balaban J connectivity index is 1.71. The number of thiophene rings is 1. The van der Waals surface area contributed by atoms with Gasteiger partial charge < -0.3 is 10.6 Å². The van der Waals surface area contributed by atoms with Gasteiger partial charge in [-0.25, -0.2) is 4.79 Å². The minimum Gasteiger partial charge on any atom is -0.333 e. The third kappa shape index (κ3) is 3.98. The molecule has 0 radical (unpaired) electrons. The second-order valence-corrected chi connectivity index (χ2v) is 6.25. The second kappa shape index (κ2) is 7.11. The van der Waals surface area contributed by atoms with Crippen LogP contribution in [0.15, 0.2) is 54.0 Å². The first-order chi connectivity index (χ1) is 11.2. The number of carbonyl (C=O) groups excluding carboxylic acids is 1. The Labute approximate surface area is 138 Å². The molecule has 0 aliphatic carbocycles. The van der Waals surface area contributed by atoms with Crippen LogP contribution in [0.3, 0.4) is 0 Å². The number of urea groups is 1. The molecule has 0 unspecified atom stereocenters. The fourth-order valence-corrected chi connectivity index (χ4v) is 3.08. The Hall–Kier alpha value is -2.60. The van der Waals surface area contributed by atoms with E-state index in [2.05, 4.69) is 52.0 Å². The van der Waals surface area contributed by atoms with Gasteiger partial charge in [0.05, 0.1) is 18.3 Å². The average Bonchev–Trinajstić information content (AvgIpc) is 3.25. The van der Waals surface area contributed by atoms with E-state index in [-0.39, 0.29) is 12.1 Å². The average molecular weight is 326 g/mol. The Morgan fingerprint density at radius 2 is 2.09 bits per heavy atom. The molecule has 0 aliphatic heterocycles. The summed E-state index contributed by atoms with van der Waals surface area (Å²) in [5.74, 6) is 0. The molecular formula is C17H18N4OS. The van der Waals surface area contributed by atoms with Gasteiger partial charge in [-0.05, 0) is 30.0 Å². The van der Waals surface area contributed by atoms with Crippen LogP contribution in [0.25, 0.3) is 0 Å². The van der Waals surface area contributed by atoms with Crippen molar-refractivity contribution in [2.75, 3.05) is 0 Å². The van der Waals surface area contributed by atoms with Crippen LogP contribution in [0.2, 0.25) is 0 Å². The van der Waals surface area contributed by atoms with Gasteiger partial charge in [-0.15, -0.1) is 11.3 Å². The third-order valence-electron chi connectivity index (χ3n) is 3.51. The van der Waals surface area contributed by atoms with E-state index in [0.29, 0.717) is 6.54 Å². The zero-order chi connectivity index (χ0) is 16.1. The minimum atomic E-state index is -0.210. The van der Waals surface area contributed by atoms with E-state index >= 15 is 0 Å². The van der Waals surface area contributed by atoms with Crippen LogP contribution in [-0.4, -0.2) is 16.2 Å². The number of aromatic amines is 1. The molecular weight excluding hydrogens is 308 g/mol. The predicted octanol–water partition coefficient (Wildman–Crippen LogP) is 3.37. The van der Waals surface area contributed by atoms with Crippen molar-refractivity contribution in [1.29, 1.82) is 0 Å². The second-order valence-electron chi connectivity index (χ2n) is 5.27. The lowest BCUT2D eigenvalue weighted by Gasteiger charge is -2.18. The summed E-state index contributed by atoms with van der Waals surface area (Å²) >= 11 is 1.63. The molecule has 23 heavy (non-hydrogen) atoms. The molecule has 3 rings (SSSR count). The summed E-state index contributed by atoms with van der Waals surface area (Å²) in [6, 6.07) is 13.7. The molecule has 1 atom stereocenters. The van der Waals surface area contributed by atoms with Gasteiger partial charge in [-0.3, -0.25) is 5.10 Å². The summed E-state index contributed by atoms with van der Waals surface area (Å²) in [5, 5.41) is 14.6. The van der Waals surface area contributed by atoms with E-state index in [1.54, 1.807) is 17.5 Å². The number of rotatable bonds is 5. The summed E-state index contributed by atoms with van der Waals surface area (Å²) in [7, 11) is 0. The molecule has 0 saturated heterocycles. The molecule has 6 heteroatoms. The van der Waals surface area contributed by atoms with Crippen molar-refractivity contribution >= 4 is 17.4 Å². The lowest BCUT2D eigenvalue weighted by Crippen LogP contribution is -2.37. The van der Waals surface area contributed by atoms with Gasteiger partial charge in [0.15, 0.2) is 0 Å². The zero-order valence-electron chi connectivity index (χ0n) is 12.7. The molecule has 0 aliphatic rings. The number of carbonyl (C=O) groups is 1. The molecule has 3 N–H and O–H groups in total. The smallest absolute Gasteiger partial charge is 0.315 e. The van der Waals surface area contributed by atoms with Crippen molar-refractivity contribution in [3.63, 3.8) is 0 Å². The lowest BCUT2D eigenvalue weighted by atomic mass is 10.0. The Morgan fingerprint density at radius 3 is 2.74 bits per heavy atom. The van der Waals surface area contributed by atoms with Gasteiger partial charge in [0, 0.05) is 11.1 Å². The highest BCUT2D eigenvalue weighted by atomic mass is 32.1. The third-order valence-corrected chi connectivity index (χ3v) is 4.45. The Kier molecular flexibility index (Phi) is 4.73. The number of benzene rings is 1. The topological polar surface area (TPSA) is 69.8 Å². The number of amides is 2. The van der Waals surface area contributed by atoms with E-state index in [0.717, 1.165) is 16.1 Å². The van der Waals surface area contributed by atoms with Gasteiger partial charge >= 0.3 is 6.03 Å². The Morgan fingerprint density at radius 1 is 1.26 bits per heavy atom. The van der Waals surface area contributed by atoms with Gasteiger partial charge in [0.1, 0.15) is 0 Å². The Bertz CT molecular complexity index is 736. The maximum absolute atomic E-state index is 12.2. The van der Waals surface area contributed by atoms with Crippen LogP contribution in [0, 0.1) is 6.92 Å². The SMILES string of the molecule is Cc1ccc([C@@H](NC(=O)NCc2ccn[nH]2)c2cccs2)cc1. The molecule has 0 fully saturated rings. The summed E-state index contributed by atoms with van der Waals surface area (Å²) in [5.41, 5.74) is 3.13. The molecule has 0 spiro atoms. The molecule has 3 aromatic rings. The molecule has 1 aromatic carbocycles. The van der Waals surface area contributed by atoms with E-state index in [1.807, 2.05) is 23.6 Å². The summed E-state index contributed by atoms with van der Waals surface area (Å²) < 4.78 is 0. The number of hydrogen-bond acceptors (Lipinski definition) is 3. The predicted molar refractivity (Wildman–Crippen MR) is 91.3 cm³/mol. The quantitative estimate of drug-likeness (QED) is 0.673. The number of H-pyrrole nitrogens is 1. The van der Waals surface area contributed by atoms with Gasteiger partial charge in [0.25, 0.3) is 0 Å². The number of nitrogens with zero attached hydrogens (tertiary/aromatic N) is 1. The van der Waals surface area contributed by atoms with Crippen LogP contribution < -0.4 is 10.6 Å². The van der Waals surface area contributed by atoms with Crippen LogP contribution in [0.5, 0.6) is 0 Å². The fraction of sp³-hybridized carbons (Fsp3) is 0.176. The van der Waals surface area contributed by atoms with Crippen LogP contribution in [-0.2, 0) is 6.54 Å². The van der Waals surface area contributed by atoms with Crippen molar-refractivity contribution in [3.05, 3.63) is 75.7 Å². The van der Waals surface area contributed by atoms with Gasteiger partial charge in [0.2, 0.25) is 0 Å². The van der Waals surface area contributed by atoms with Gasteiger partial charge in [-0.2, -0.15) is 5.10 Å². The number of hydrogen-bond donors (Lipinski definition) is 3. The zero-order valence-corrected chi connectivity index (χ0v) is 13.6. The van der Waals surface area contributed by atoms with Crippen LogP contribution in [0.4, 0.5) is 4.79 Å². The molecule has 0 bridgehead atoms. The largest absolute Gasteiger partial charge is 0.333 e. The maximum atomic E-state index is 12.2. The minimum absolute atomic E-state index is 0.155. The van der Waals surface area contributed by atoms with Crippen molar-refractivity contribution in [2.45, 2.75) is 19.5 Å². The molecule has 5 nitrogen and oxygen atoms in total. The number of aryl methyl sites for hydroxylation is 1. The first-order valence-corrected chi connectivity index (χ1v) is 8.23. The fourth-order valence-electron chi connectivity index (χ4n) is 2.27. The highest BCUT2D eigenvalue weighted by Crippen LogP contribution is 2.26. The molecule has 118 valence electrons. The summed E-state index contributed by atoms with van der Waals surface area (Å²) in [6.45, 7) is 2.46.